The van der Waals surface area contributed by atoms with Crippen molar-refractivity contribution in [3.8, 4) is 0 Å². The summed E-state index contributed by atoms with van der Waals surface area (Å²) in [6, 6.07) is 0. The van der Waals surface area contributed by atoms with Crippen LogP contribution in [-0.2, 0) is 18.9 Å². The molecule has 0 aromatic carbocycles. The van der Waals surface area contributed by atoms with Gasteiger partial charge in [-0.3, -0.25) is 0 Å². The van der Waals surface area contributed by atoms with Gasteiger partial charge in [0.15, 0.2) is 6.29 Å². The van der Waals surface area contributed by atoms with E-state index in [0.717, 1.165) is 26.1 Å². The molecule has 0 spiro atoms. The summed E-state index contributed by atoms with van der Waals surface area (Å²) in [5, 5.41) is 0. The standard InChI is InChI=1S/C10H20O4/c1-9(8-11-2)12-7-4-10-13-5-3-6-14-10/h9-10H,3-8H2,1-2H3. The van der Waals surface area contributed by atoms with Crippen LogP contribution in [-0.4, -0.2) is 45.9 Å². The van der Waals surface area contributed by atoms with E-state index in [1.165, 1.54) is 0 Å². The van der Waals surface area contributed by atoms with Crippen LogP contribution in [0.25, 0.3) is 0 Å². The van der Waals surface area contributed by atoms with Crippen LogP contribution >= 0.6 is 0 Å². The van der Waals surface area contributed by atoms with Gasteiger partial charge >= 0.3 is 0 Å². The average Bonchev–Trinajstić information content (AvgIpc) is 2.20. The van der Waals surface area contributed by atoms with Crippen LogP contribution in [0.5, 0.6) is 0 Å². The van der Waals surface area contributed by atoms with Crippen molar-refractivity contribution < 1.29 is 18.9 Å². The summed E-state index contributed by atoms with van der Waals surface area (Å²) in [4.78, 5) is 0. The van der Waals surface area contributed by atoms with Gasteiger partial charge in [0.1, 0.15) is 0 Å². The van der Waals surface area contributed by atoms with Crippen LogP contribution in [0.4, 0.5) is 0 Å². The van der Waals surface area contributed by atoms with Gasteiger partial charge < -0.3 is 18.9 Å². The van der Waals surface area contributed by atoms with Crippen molar-refractivity contribution in [2.75, 3.05) is 33.5 Å². The van der Waals surface area contributed by atoms with Gasteiger partial charge in [0.2, 0.25) is 0 Å². The Morgan fingerprint density at radius 2 is 2.07 bits per heavy atom. The van der Waals surface area contributed by atoms with E-state index in [-0.39, 0.29) is 12.4 Å². The third-order valence-electron chi connectivity index (χ3n) is 2.05. The quantitative estimate of drug-likeness (QED) is 0.651. The van der Waals surface area contributed by atoms with E-state index >= 15 is 0 Å². The lowest BCUT2D eigenvalue weighted by atomic mass is 10.3. The largest absolute Gasteiger partial charge is 0.382 e. The Kier molecular flexibility index (Phi) is 6.10. The van der Waals surface area contributed by atoms with Gasteiger partial charge in [-0.15, -0.1) is 0 Å². The molecule has 0 aromatic heterocycles. The van der Waals surface area contributed by atoms with Crippen molar-refractivity contribution in [1.82, 2.24) is 0 Å². The fourth-order valence-corrected chi connectivity index (χ4v) is 1.35. The number of rotatable bonds is 6. The zero-order valence-corrected chi connectivity index (χ0v) is 9.03. The third-order valence-corrected chi connectivity index (χ3v) is 2.05. The van der Waals surface area contributed by atoms with Crippen molar-refractivity contribution in [3.63, 3.8) is 0 Å². The Balaban J connectivity index is 1.96. The molecule has 0 saturated carbocycles. The van der Waals surface area contributed by atoms with Crippen molar-refractivity contribution in [3.05, 3.63) is 0 Å². The second-order valence-electron chi connectivity index (χ2n) is 3.45. The molecule has 0 N–H and O–H groups in total. The minimum atomic E-state index is -0.0708. The predicted molar refractivity (Wildman–Crippen MR) is 52.2 cm³/mol. The zero-order chi connectivity index (χ0) is 10.2. The molecule has 1 heterocycles. The lowest BCUT2D eigenvalue weighted by Gasteiger charge is -2.23. The first kappa shape index (κ1) is 11.9. The summed E-state index contributed by atoms with van der Waals surface area (Å²) >= 11 is 0. The minimum absolute atomic E-state index is 0.0708. The molecule has 0 radical (unpaired) electrons. The van der Waals surface area contributed by atoms with Gasteiger partial charge in [-0.25, -0.2) is 0 Å². The molecule has 84 valence electrons. The summed E-state index contributed by atoms with van der Waals surface area (Å²) in [5.41, 5.74) is 0. The second kappa shape index (κ2) is 7.17. The van der Waals surface area contributed by atoms with Crippen molar-refractivity contribution in [2.45, 2.75) is 32.2 Å². The van der Waals surface area contributed by atoms with Gasteiger partial charge in [-0.2, -0.15) is 0 Å². The molecule has 1 unspecified atom stereocenters. The van der Waals surface area contributed by atoms with E-state index < -0.39 is 0 Å². The molecule has 14 heavy (non-hydrogen) atoms. The summed E-state index contributed by atoms with van der Waals surface area (Å²) in [7, 11) is 1.67. The topological polar surface area (TPSA) is 36.9 Å². The molecule has 0 aromatic rings. The van der Waals surface area contributed by atoms with Gasteiger partial charge in [0.05, 0.1) is 32.5 Å². The highest BCUT2D eigenvalue weighted by Gasteiger charge is 2.14. The molecule has 1 atom stereocenters. The zero-order valence-electron chi connectivity index (χ0n) is 9.03. The van der Waals surface area contributed by atoms with Crippen LogP contribution in [0.2, 0.25) is 0 Å². The van der Waals surface area contributed by atoms with Crippen LogP contribution in [0.15, 0.2) is 0 Å². The maximum atomic E-state index is 5.50. The van der Waals surface area contributed by atoms with Gasteiger partial charge in [-0.1, -0.05) is 0 Å². The molecule has 4 heteroatoms. The van der Waals surface area contributed by atoms with E-state index in [4.69, 9.17) is 18.9 Å². The minimum Gasteiger partial charge on any atom is -0.382 e. The average molecular weight is 204 g/mol. The molecule has 0 amide bonds. The molecule has 1 rings (SSSR count). The van der Waals surface area contributed by atoms with E-state index in [2.05, 4.69) is 0 Å². The van der Waals surface area contributed by atoms with E-state index in [9.17, 15) is 0 Å². The SMILES string of the molecule is COCC(C)OCCC1OCCCO1. The van der Waals surface area contributed by atoms with Crippen molar-refractivity contribution in [1.29, 1.82) is 0 Å². The molecular weight excluding hydrogens is 184 g/mol. The number of ether oxygens (including phenoxy) is 4. The predicted octanol–water partition coefficient (Wildman–Crippen LogP) is 1.19. The lowest BCUT2D eigenvalue weighted by Crippen LogP contribution is -2.27. The van der Waals surface area contributed by atoms with Crippen molar-refractivity contribution >= 4 is 0 Å². The van der Waals surface area contributed by atoms with Gasteiger partial charge in [-0.05, 0) is 13.3 Å². The molecule has 0 bridgehead atoms. The van der Waals surface area contributed by atoms with Gasteiger partial charge in [0, 0.05) is 13.5 Å². The van der Waals surface area contributed by atoms with Crippen LogP contribution in [0.3, 0.4) is 0 Å². The Morgan fingerprint density at radius 1 is 1.36 bits per heavy atom. The molecule has 1 aliphatic rings. The number of methoxy groups -OCH3 is 1. The molecular formula is C10H20O4. The molecule has 4 nitrogen and oxygen atoms in total. The van der Waals surface area contributed by atoms with Crippen LogP contribution in [0.1, 0.15) is 19.8 Å². The first-order chi connectivity index (χ1) is 6.83. The third kappa shape index (κ3) is 4.91. The molecule has 1 saturated heterocycles. The smallest absolute Gasteiger partial charge is 0.159 e. The van der Waals surface area contributed by atoms with Crippen LogP contribution < -0.4 is 0 Å². The fourth-order valence-electron chi connectivity index (χ4n) is 1.35. The maximum absolute atomic E-state index is 5.50. The van der Waals surface area contributed by atoms with E-state index in [0.29, 0.717) is 13.2 Å². The summed E-state index contributed by atoms with van der Waals surface area (Å²) in [6.45, 7) is 4.89. The highest BCUT2D eigenvalue weighted by Crippen LogP contribution is 2.08. The first-order valence-electron chi connectivity index (χ1n) is 5.16. The summed E-state index contributed by atoms with van der Waals surface area (Å²) in [6.07, 6.45) is 1.87. The Hall–Kier alpha value is -0.160. The molecule has 1 aliphatic heterocycles. The Morgan fingerprint density at radius 3 is 2.71 bits per heavy atom. The highest BCUT2D eigenvalue weighted by atomic mass is 16.7. The fraction of sp³-hybridized carbons (Fsp3) is 1.00. The first-order valence-corrected chi connectivity index (χ1v) is 5.16. The number of hydrogen-bond donors (Lipinski definition) is 0. The maximum Gasteiger partial charge on any atom is 0.159 e. The van der Waals surface area contributed by atoms with E-state index in [1.54, 1.807) is 7.11 Å². The van der Waals surface area contributed by atoms with E-state index in [1.807, 2.05) is 6.92 Å². The Bertz CT molecular complexity index is 134. The normalized spacial score (nSPS) is 21.0. The monoisotopic (exact) mass is 204 g/mol. The Labute approximate surface area is 85.5 Å². The molecule has 1 fully saturated rings. The van der Waals surface area contributed by atoms with Gasteiger partial charge in [0.25, 0.3) is 0 Å². The van der Waals surface area contributed by atoms with Crippen LogP contribution in [0, 0.1) is 0 Å². The summed E-state index contributed by atoms with van der Waals surface area (Å²) in [5.74, 6) is 0. The second-order valence-corrected chi connectivity index (χ2v) is 3.45. The lowest BCUT2D eigenvalue weighted by molar-refractivity contribution is -0.188. The highest BCUT2D eigenvalue weighted by molar-refractivity contribution is 4.53. The molecule has 0 aliphatic carbocycles. The summed E-state index contributed by atoms with van der Waals surface area (Å²) < 4.78 is 21.2. The van der Waals surface area contributed by atoms with Crippen molar-refractivity contribution in [2.24, 2.45) is 0 Å². The number of hydrogen-bond acceptors (Lipinski definition) is 4.